The van der Waals surface area contributed by atoms with Gasteiger partial charge in [-0.15, -0.1) is 0 Å². The molecule has 3 aromatic carbocycles. The van der Waals surface area contributed by atoms with Crippen molar-refractivity contribution < 1.29 is 17.9 Å². The van der Waals surface area contributed by atoms with Gasteiger partial charge < -0.3 is 4.74 Å². The van der Waals surface area contributed by atoms with Crippen molar-refractivity contribution in [2.24, 2.45) is 0 Å². The molecule has 0 heterocycles. The zero-order valence-electron chi connectivity index (χ0n) is 13.2. The first-order chi connectivity index (χ1) is 11.8. The molecule has 0 N–H and O–H groups in total. The number of ether oxygens (including phenoxy) is 1. The molecule has 3 rings (SSSR count). The molecular weight excluding hydrogens is 393 g/mol. The molecule has 5 heteroatoms. The van der Waals surface area contributed by atoms with Crippen LogP contribution in [0.15, 0.2) is 65.1 Å². The average Bonchev–Trinajstić information content (AvgIpc) is 2.56. The predicted molar refractivity (Wildman–Crippen MR) is 94.7 cm³/mol. The average molecular weight is 406 g/mol. The summed E-state index contributed by atoms with van der Waals surface area (Å²) in [5.41, 5.74) is 1.92. The summed E-state index contributed by atoms with van der Waals surface area (Å²) >= 11 is 3.40. The van der Waals surface area contributed by atoms with Gasteiger partial charge in [0.2, 0.25) is 0 Å². The molecule has 127 valence electrons. The SMILES string of the molecule is Cc1ccc(-c2c[c]cc(Br)c2)cc1Oc1cccc(C(F)(F)F)c1. The van der Waals surface area contributed by atoms with Crippen LogP contribution >= 0.6 is 15.9 Å². The Bertz CT molecular complexity index is 903. The molecule has 25 heavy (non-hydrogen) atoms. The van der Waals surface area contributed by atoms with Gasteiger partial charge in [-0.3, -0.25) is 0 Å². The number of aryl methyl sites for hydroxylation is 1. The van der Waals surface area contributed by atoms with Crippen molar-refractivity contribution in [3.05, 3.63) is 82.3 Å². The molecule has 0 spiro atoms. The summed E-state index contributed by atoms with van der Waals surface area (Å²) in [4.78, 5) is 0. The lowest BCUT2D eigenvalue weighted by molar-refractivity contribution is -0.137. The molecule has 3 aromatic rings. The van der Waals surface area contributed by atoms with E-state index in [-0.39, 0.29) is 5.75 Å². The highest BCUT2D eigenvalue weighted by Gasteiger charge is 2.30. The third-order valence-corrected chi connectivity index (χ3v) is 4.12. The zero-order chi connectivity index (χ0) is 18.0. The molecule has 1 radical (unpaired) electrons. The molecular formula is C20H13BrF3O. The van der Waals surface area contributed by atoms with Crippen LogP contribution in [-0.4, -0.2) is 0 Å². The van der Waals surface area contributed by atoms with Crippen LogP contribution < -0.4 is 4.74 Å². The Kier molecular flexibility index (Phi) is 4.86. The van der Waals surface area contributed by atoms with Crippen LogP contribution in [0, 0.1) is 13.0 Å². The maximum atomic E-state index is 12.8. The maximum Gasteiger partial charge on any atom is 0.416 e. The van der Waals surface area contributed by atoms with Gasteiger partial charge in [0.05, 0.1) is 5.56 Å². The molecule has 1 nitrogen and oxygen atoms in total. The summed E-state index contributed by atoms with van der Waals surface area (Å²) in [6.45, 7) is 1.85. The summed E-state index contributed by atoms with van der Waals surface area (Å²) in [6, 6.07) is 19.1. The second-order valence-electron chi connectivity index (χ2n) is 5.55. The summed E-state index contributed by atoms with van der Waals surface area (Å²) < 4.78 is 45.1. The molecule has 0 aromatic heterocycles. The second kappa shape index (κ2) is 6.92. The van der Waals surface area contributed by atoms with Crippen molar-refractivity contribution in [3.63, 3.8) is 0 Å². The van der Waals surface area contributed by atoms with E-state index in [1.165, 1.54) is 12.1 Å². The molecule has 0 aliphatic rings. The lowest BCUT2D eigenvalue weighted by Crippen LogP contribution is -2.04. The number of hydrogen-bond donors (Lipinski definition) is 0. The van der Waals surface area contributed by atoms with Crippen molar-refractivity contribution in [1.29, 1.82) is 0 Å². The molecule has 0 saturated carbocycles. The lowest BCUT2D eigenvalue weighted by Gasteiger charge is -2.13. The number of rotatable bonds is 3. The van der Waals surface area contributed by atoms with Crippen LogP contribution in [0.25, 0.3) is 11.1 Å². The van der Waals surface area contributed by atoms with Crippen LogP contribution in [0.3, 0.4) is 0 Å². The van der Waals surface area contributed by atoms with Crippen molar-refractivity contribution >= 4 is 15.9 Å². The molecule has 0 aliphatic heterocycles. The van der Waals surface area contributed by atoms with Crippen LogP contribution in [0.5, 0.6) is 11.5 Å². The number of hydrogen-bond acceptors (Lipinski definition) is 1. The maximum absolute atomic E-state index is 12.8. The van der Waals surface area contributed by atoms with Gasteiger partial charge in [0, 0.05) is 4.47 Å². The molecule has 0 amide bonds. The topological polar surface area (TPSA) is 9.23 Å². The van der Waals surface area contributed by atoms with Gasteiger partial charge in [0.1, 0.15) is 11.5 Å². The molecule has 0 aliphatic carbocycles. The van der Waals surface area contributed by atoms with E-state index in [2.05, 4.69) is 22.0 Å². The normalized spacial score (nSPS) is 11.4. The van der Waals surface area contributed by atoms with E-state index >= 15 is 0 Å². The van der Waals surface area contributed by atoms with Crippen molar-refractivity contribution in [3.8, 4) is 22.6 Å². The fourth-order valence-corrected chi connectivity index (χ4v) is 2.74. The highest BCUT2D eigenvalue weighted by atomic mass is 79.9. The minimum absolute atomic E-state index is 0.149. The highest BCUT2D eigenvalue weighted by Crippen LogP contribution is 2.35. The third kappa shape index (κ3) is 4.23. The molecule has 0 bridgehead atoms. The number of halogens is 4. The largest absolute Gasteiger partial charge is 0.457 e. The van der Waals surface area contributed by atoms with E-state index in [9.17, 15) is 13.2 Å². The van der Waals surface area contributed by atoms with Gasteiger partial charge in [0.25, 0.3) is 0 Å². The Morgan fingerprint density at radius 3 is 2.48 bits per heavy atom. The Labute approximate surface area is 152 Å². The van der Waals surface area contributed by atoms with Gasteiger partial charge in [-0.25, -0.2) is 0 Å². The monoisotopic (exact) mass is 405 g/mol. The lowest BCUT2D eigenvalue weighted by atomic mass is 10.0. The Balaban J connectivity index is 1.94. The molecule has 0 atom stereocenters. The fourth-order valence-electron chi connectivity index (χ4n) is 2.36. The standard InChI is InChI=1S/C20H13BrF3O/c1-13-8-9-15(14-4-2-6-17(21)10-14)11-19(13)25-18-7-3-5-16(12-18)20(22,23)24/h3-12H,1H3. The van der Waals surface area contributed by atoms with E-state index in [0.717, 1.165) is 33.3 Å². The first-order valence-electron chi connectivity index (χ1n) is 7.46. The van der Waals surface area contributed by atoms with E-state index < -0.39 is 11.7 Å². The van der Waals surface area contributed by atoms with Crippen LogP contribution in [0.1, 0.15) is 11.1 Å². The van der Waals surface area contributed by atoms with E-state index in [1.54, 1.807) is 6.07 Å². The van der Waals surface area contributed by atoms with Crippen molar-refractivity contribution in [2.75, 3.05) is 0 Å². The highest BCUT2D eigenvalue weighted by molar-refractivity contribution is 9.10. The number of benzene rings is 3. The van der Waals surface area contributed by atoms with Gasteiger partial charge in [-0.2, -0.15) is 13.2 Å². The summed E-state index contributed by atoms with van der Waals surface area (Å²) in [5.74, 6) is 0.660. The van der Waals surface area contributed by atoms with Gasteiger partial charge >= 0.3 is 6.18 Å². The van der Waals surface area contributed by atoms with E-state index in [4.69, 9.17) is 4.74 Å². The van der Waals surface area contributed by atoms with E-state index in [1.807, 2.05) is 37.3 Å². The van der Waals surface area contributed by atoms with Crippen LogP contribution in [0.4, 0.5) is 13.2 Å². The summed E-state index contributed by atoms with van der Waals surface area (Å²) in [7, 11) is 0. The second-order valence-corrected chi connectivity index (χ2v) is 6.46. The molecule has 0 fully saturated rings. The van der Waals surface area contributed by atoms with E-state index in [0.29, 0.717) is 5.75 Å². The van der Waals surface area contributed by atoms with Crippen molar-refractivity contribution in [2.45, 2.75) is 13.1 Å². The minimum atomic E-state index is -4.40. The Hall–Kier alpha value is -2.27. The third-order valence-electron chi connectivity index (χ3n) is 3.66. The molecule has 0 unspecified atom stereocenters. The summed E-state index contributed by atoms with van der Waals surface area (Å²) in [5, 5.41) is 0. The Morgan fingerprint density at radius 2 is 1.76 bits per heavy atom. The zero-order valence-corrected chi connectivity index (χ0v) is 14.8. The minimum Gasteiger partial charge on any atom is -0.457 e. The summed E-state index contributed by atoms with van der Waals surface area (Å²) in [6.07, 6.45) is -4.40. The van der Waals surface area contributed by atoms with Crippen LogP contribution in [-0.2, 0) is 6.18 Å². The van der Waals surface area contributed by atoms with Crippen LogP contribution in [0.2, 0.25) is 0 Å². The molecule has 0 saturated heterocycles. The predicted octanol–water partition coefficient (Wildman–Crippen LogP) is 7.04. The quantitative estimate of drug-likeness (QED) is 0.454. The number of alkyl halides is 3. The smallest absolute Gasteiger partial charge is 0.416 e. The Morgan fingerprint density at radius 1 is 0.960 bits per heavy atom. The van der Waals surface area contributed by atoms with Gasteiger partial charge in [0.15, 0.2) is 0 Å². The first kappa shape index (κ1) is 17.5. The van der Waals surface area contributed by atoms with Crippen molar-refractivity contribution in [1.82, 2.24) is 0 Å². The van der Waals surface area contributed by atoms with Gasteiger partial charge in [-0.05, 0) is 72.1 Å². The fraction of sp³-hybridized carbons (Fsp3) is 0.100. The first-order valence-corrected chi connectivity index (χ1v) is 8.25. The van der Waals surface area contributed by atoms with Gasteiger partial charge in [-0.1, -0.05) is 34.1 Å².